The van der Waals surface area contributed by atoms with Crippen LogP contribution in [0.25, 0.3) is 0 Å². The Morgan fingerprint density at radius 3 is 2.64 bits per heavy atom. The van der Waals surface area contributed by atoms with Crippen molar-refractivity contribution in [3.05, 3.63) is 23.4 Å². The number of anilines is 1. The van der Waals surface area contributed by atoms with Crippen LogP contribution in [-0.4, -0.2) is 62.1 Å². The van der Waals surface area contributed by atoms with E-state index in [0.29, 0.717) is 24.3 Å². The van der Waals surface area contributed by atoms with Gasteiger partial charge in [0.1, 0.15) is 11.9 Å². The van der Waals surface area contributed by atoms with Crippen molar-refractivity contribution >= 4 is 16.0 Å². The highest BCUT2D eigenvalue weighted by Gasteiger charge is 2.32. The highest BCUT2D eigenvalue weighted by atomic mass is 32.2. The number of aromatic nitrogens is 1. The van der Waals surface area contributed by atoms with Crippen molar-refractivity contribution in [2.75, 3.05) is 32.1 Å². The Morgan fingerprint density at radius 1 is 1.44 bits per heavy atom. The van der Waals surface area contributed by atoms with Crippen molar-refractivity contribution in [2.45, 2.75) is 38.3 Å². The zero-order chi connectivity index (χ0) is 18.8. The summed E-state index contributed by atoms with van der Waals surface area (Å²) in [6.45, 7) is 4.76. The van der Waals surface area contributed by atoms with E-state index >= 15 is 0 Å². The van der Waals surface area contributed by atoms with Gasteiger partial charge in [0.05, 0.1) is 17.7 Å². The molecule has 2 N–H and O–H groups in total. The fourth-order valence-corrected chi connectivity index (χ4v) is 3.54. The number of rotatable bonds is 5. The van der Waals surface area contributed by atoms with Crippen LogP contribution in [0.2, 0.25) is 0 Å². The van der Waals surface area contributed by atoms with E-state index in [9.17, 15) is 18.8 Å². The molecule has 0 bridgehead atoms. The normalized spacial score (nSPS) is 21.6. The molecular weight excluding hydrogens is 342 g/mol. The van der Waals surface area contributed by atoms with Crippen LogP contribution in [-0.2, 0) is 10.2 Å². The summed E-state index contributed by atoms with van der Waals surface area (Å²) in [5, 5.41) is 19.7. The number of nitrogens with zero attached hydrogens (tertiary/aromatic N) is 4. The van der Waals surface area contributed by atoms with E-state index in [1.165, 1.54) is 14.1 Å². The third kappa shape index (κ3) is 4.46. The molecule has 0 aromatic carbocycles. The van der Waals surface area contributed by atoms with Crippen molar-refractivity contribution < 1.29 is 13.5 Å². The Hall–Kier alpha value is -1.73. The summed E-state index contributed by atoms with van der Waals surface area (Å²) in [7, 11) is -0.737. The SMILES string of the molecule is CC(C)c1ccc(C#N)c(N2CC[C@@H](NS(=O)(=O)N(C)C)[C@H](O)C2)n1. The smallest absolute Gasteiger partial charge is 0.279 e. The maximum Gasteiger partial charge on any atom is 0.279 e. The van der Waals surface area contributed by atoms with E-state index in [4.69, 9.17) is 0 Å². The maximum atomic E-state index is 12.0. The van der Waals surface area contributed by atoms with Gasteiger partial charge in [0, 0.05) is 32.9 Å². The highest BCUT2D eigenvalue weighted by molar-refractivity contribution is 7.87. The minimum atomic E-state index is -3.61. The Morgan fingerprint density at radius 2 is 2.12 bits per heavy atom. The van der Waals surface area contributed by atoms with Crippen LogP contribution in [0.1, 0.15) is 37.4 Å². The number of aliphatic hydroxyl groups excluding tert-OH is 1. The molecule has 0 aliphatic carbocycles. The number of nitriles is 1. The summed E-state index contributed by atoms with van der Waals surface area (Å²) in [6.07, 6.45) is -0.466. The van der Waals surface area contributed by atoms with Gasteiger partial charge in [-0.25, -0.2) is 4.98 Å². The van der Waals surface area contributed by atoms with Crippen molar-refractivity contribution in [1.82, 2.24) is 14.0 Å². The number of pyridine rings is 1. The molecule has 1 aromatic heterocycles. The minimum absolute atomic E-state index is 0.212. The summed E-state index contributed by atoms with van der Waals surface area (Å²) in [4.78, 5) is 6.42. The number of nitrogens with one attached hydrogen (secondary N) is 1. The second-order valence-electron chi connectivity index (χ2n) is 6.69. The second kappa shape index (κ2) is 7.66. The topological polar surface area (TPSA) is 110 Å². The van der Waals surface area contributed by atoms with E-state index < -0.39 is 22.4 Å². The number of hydrogen-bond donors (Lipinski definition) is 2. The standard InChI is InChI=1S/C16H25N5O3S/c1-11(2)13-6-5-12(9-17)16(18-13)21-8-7-14(15(22)10-21)19-25(23,24)20(3)4/h5-6,11,14-15,19,22H,7-8,10H2,1-4H3/t14-,15-/m1/s1. The first-order chi connectivity index (χ1) is 11.7. The fourth-order valence-electron chi connectivity index (χ4n) is 2.67. The second-order valence-corrected chi connectivity index (χ2v) is 8.60. The molecule has 2 atom stereocenters. The van der Waals surface area contributed by atoms with E-state index in [0.717, 1.165) is 10.00 Å². The monoisotopic (exact) mass is 367 g/mol. The molecule has 25 heavy (non-hydrogen) atoms. The lowest BCUT2D eigenvalue weighted by molar-refractivity contribution is 0.123. The van der Waals surface area contributed by atoms with Crippen LogP contribution < -0.4 is 9.62 Å². The Kier molecular flexibility index (Phi) is 6.00. The molecule has 1 aliphatic rings. The number of β-amino-alcohol motifs (C(OH)–C–C–N with tert-alkyl or cyclic N) is 1. The number of aliphatic hydroxyl groups is 1. The maximum absolute atomic E-state index is 12.0. The van der Waals surface area contributed by atoms with Crippen LogP contribution in [0.3, 0.4) is 0 Å². The molecule has 1 fully saturated rings. The van der Waals surface area contributed by atoms with Gasteiger partial charge in [0.25, 0.3) is 10.2 Å². The molecule has 2 heterocycles. The first-order valence-corrected chi connectivity index (χ1v) is 9.63. The molecule has 0 radical (unpaired) electrons. The molecule has 0 amide bonds. The molecule has 8 nitrogen and oxygen atoms in total. The van der Waals surface area contributed by atoms with Gasteiger partial charge in [-0.15, -0.1) is 0 Å². The van der Waals surface area contributed by atoms with Gasteiger partial charge >= 0.3 is 0 Å². The highest BCUT2D eigenvalue weighted by Crippen LogP contribution is 2.25. The predicted molar refractivity (Wildman–Crippen MR) is 95.4 cm³/mol. The van der Waals surface area contributed by atoms with E-state index in [-0.39, 0.29) is 12.5 Å². The number of piperidine rings is 1. The Labute approximate surface area is 149 Å². The molecule has 138 valence electrons. The van der Waals surface area contributed by atoms with Crippen LogP contribution in [0, 0.1) is 11.3 Å². The predicted octanol–water partition coefficient (Wildman–Crippen LogP) is 0.412. The summed E-state index contributed by atoms with van der Waals surface area (Å²) >= 11 is 0. The van der Waals surface area contributed by atoms with Crippen LogP contribution in [0.4, 0.5) is 5.82 Å². The van der Waals surface area contributed by atoms with Gasteiger partial charge in [-0.3, -0.25) is 0 Å². The summed E-state index contributed by atoms with van der Waals surface area (Å²) in [5.41, 5.74) is 1.32. The summed E-state index contributed by atoms with van der Waals surface area (Å²) in [6, 6.07) is 5.14. The fraction of sp³-hybridized carbons (Fsp3) is 0.625. The molecule has 0 saturated carbocycles. The molecule has 1 aromatic rings. The quantitative estimate of drug-likeness (QED) is 0.780. The zero-order valence-electron chi connectivity index (χ0n) is 15.0. The average Bonchev–Trinajstić information content (AvgIpc) is 2.55. The molecule has 0 spiro atoms. The van der Waals surface area contributed by atoms with E-state index in [1.54, 1.807) is 6.07 Å². The lowest BCUT2D eigenvalue weighted by atomic mass is 10.0. The molecular formula is C16H25N5O3S. The third-order valence-electron chi connectivity index (χ3n) is 4.27. The van der Waals surface area contributed by atoms with E-state index in [1.807, 2.05) is 24.8 Å². The van der Waals surface area contributed by atoms with Gasteiger partial charge in [-0.2, -0.15) is 22.7 Å². The molecule has 1 saturated heterocycles. The average molecular weight is 367 g/mol. The van der Waals surface area contributed by atoms with Crippen molar-refractivity contribution in [3.63, 3.8) is 0 Å². The lowest BCUT2D eigenvalue weighted by Gasteiger charge is -2.37. The molecule has 0 unspecified atom stereocenters. The summed E-state index contributed by atoms with van der Waals surface area (Å²) in [5.74, 6) is 0.766. The summed E-state index contributed by atoms with van der Waals surface area (Å²) < 4.78 is 27.5. The van der Waals surface area contributed by atoms with Gasteiger partial charge in [0.2, 0.25) is 0 Å². The first kappa shape index (κ1) is 19.6. The lowest BCUT2D eigenvalue weighted by Crippen LogP contribution is -2.56. The third-order valence-corrected chi connectivity index (χ3v) is 5.83. The Bertz CT molecular complexity index is 758. The van der Waals surface area contributed by atoms with Crippen molar-refractivity contribution in [2.24, 2.45) is 0 Å². The Balaban J connectivity index is 2.18. The van der Waals surface area contributed by atoms with Gasteiger partial charge < -0.3 is 10.0 Å². The van der Waals surface area contributed by atoms with Crippen LogP contribution in [0.15, 0.2) is 12.1 Å². The van der Waals surface area contributed by atoms with Crippen molar-refractivity contribution in [3.8, 4) is 6.07 Å². The molecule has 9 heteroatoms. The molecule has 1 aliphatic heterocycles. The van der Waals surface area contributed by atoms with Crippen LogP contribution in [0.5, 0.6) is 0 Å². The minimum Gasteiger partial charge on any atom is -0.390 e. The van der Waals surface area contributed by atoms with Gasteiger partial charge in [-0.1, -0.05) is 13.8 Å². The van der Waals surface area contributed by atoms with Gasteiger partial charge in [-0.05, 0) is 24.5 Å². The largest absolute Gasteiger partial charge is 0.390 e. The first-order valence-electron chi connectivity index (χ1n) is 8.19. The van der Waals surface area contributed by atoms with E-state index in [2.05, 4.69) is 15.8 Å². The van der Waals surface area contributed by atoms with Crippen LogP contribution >= 0.6 is 0 Å². The zero-order valence-corrected chi connectivity index (χ0v) is 15.8. The van der Waals surface area contributed by atoms with Gasteiger partial charge in [0.15, 0.2) is 0 Å². The van der Waals surface area contributed by atoms with Crippen molar-refractivity contribution in [1.29, 1.82) is 5.26 Å². The number of hydrogen-bond acceptors (Lipinski definition) is 6. The molecule has 2 rings (SSSR count).